The first kappa shape index (κ1) is 18.6. The molecule has 0 unspecified atom stereocenters. The molecule has 0 aliphatic carbocycles. The quantitative estimate of drug-likeness (QED) is 0.738. The van der Waals surface area contributed by atoms with Crippen molar-refractivity contribution in [1.82, 2.24) is 10.2 Å². The van der Waals surface area contributed by atoms with Crippen molar-refractivity contribution in [3.8, 4) is 0 Å². The van der Waals surface area contributed by atoms with Gasteiger partial charge >= 0.3 is 0 Å². The summed E-state index contributed by atoms with van der Waals surface area (Å²) in [6, 6.07) is 5.43. The SMILES string of the molecule is O=C(CCc1c(Cl)cccc1Cl)NCCCN1CCCCCC1. The summed E-state index contributed by atoms with van der Waals surface area (Å²) >= 11 is 12.2. The minimum Gasteiger partial charge on any atom is -0.356 e. The Bertz CT molecular complexity index is 480. The zero-order chi connectivity index (χ0) is 16.5. The van der Waals surface area contributed by atoms with Crippen LogP contribution in [0.5, 0.6) is 0 Å². The van der Waals surface area contributed by atoms with Crippen molar-refractivity contribution in [2.24, 2.45) is 0 Å². The zero-order valence-electron chi connectivity index (χ0n) is 13.6. The molecule has 0 saturated carbocycles. The van der Waals surface area contributed by atoms with Crippen molar-refractivity contribution >= 4 is 29.1 Å². The minimum atomic E-state index is 0.0665. The summed E-state index contributed by atoms with van der Waals surface area (Å²) in [7, 11) is 0. The maximum absolute atomic E-state index is 11.9. The van der Waals surface area contributed by atoms with E-state index in [0.717, 1.165) is 25.1 Å². The van der Waals surface area contributed by atoms with Crippen molar-refractivity contribution in [1.29, 1.82) is 0 Å². The number of nitrogens with zero attached hydrogens (tertiary/aromatic N) is 1. The fourth-order valence-electron chi connectivity index (χ4n) is 2.99. The predicted molar refractivity (Wildman–Crippen MR) is 97.3 cm³/mol. The van der Waals surface area contributed by atoms with Gasteiger partial charge in [0.25, 0.3) is 0 Å². The molecule has 23 heavy (non-hydrogen) atoms. The lowest BCUT2D eigenvalue weighted by molar-refractivity contribution is -0.121. The molecule has 0 spiro atoms. The average Bonchev–Trinajstić information content (AvgIpc) is 2.80. The smallest absolute Gasteiger partial charge is 0.220 e. The summed E-state index contributed by atoms with van der Waals surface area (Å²) in [5, 5.41) is 4.26. The van der Waals surface area contributed by atoms with E-state index in [-0.39, 0.29) is 5.91 Å². The molecule has 128 valence electrons. The molecule has 1 saturated heterocycles. The number of benzene rings is 1. The van der Waals surface area contributed by atoms with Gasteiger partial charge in [0.15, 0.2) is 0 Å². The first-order valence-electron chi connectivity index (χ1n) is 8.59. The zero-order valence-corrected chi connectivity index (χ0v) is 15.1. The average molecular weight is 357 g/mol. The van der Waals surface area contributed by atoms with E-state index in [1.165, 1.54) is 38.8 Å². The summed E-state index contributed by atoms with van der Waals surface area (Å²) < 4.78 is 0. The number of hydrogen-bond donors (Lipinski definition) is 1. The van der Waals surface area contributed by atoms with Crippen molar-refractivity contribution in [2.75, 3.05) is 26.2 Å². The second-order valence-corrected chi connectivity index (χ2v) is 6.97. The second kappa shape index (κ2) is 10.2. The number of rotatable bonds is 7. The molecule has 1 N–H and O–H groups in total. The largest absolute Gasteiger partial charge is 0.356 e. The van der Waals surface area contributed by atoms with Gasteiger partial charge in [-0.05, 0) is 63.0 Å². The van der Waals surface area contributed by atoms with Crippen LogP contribution in [-0.4, -0.2) is 37.0 Å². The molecule has 1 fully saturated rings. The number of carbonyl (C=O) groups is 1. The van der Waals surface area contributed by atoms with E-state index < -0.39 is 0 Å². The van der Waals surface area contributed by atoms with Gasteiger partial charge in [0.2, 0.25) is 5.91 Å². The van der Waals surface area contributed by atoms with Gasteiger partial charge in [-0.1, -0.05) is 42.1 Å². The van der Waals surface area contributed by atoms with Crippen LogP contribution in [0.3, 0.4) is 0 Å². The summed E-state index contributed by atoms with van der Waals surface area (Å²) in [6.45, 7) is 4.24. The molecule has 0 radical (unpaired) electrons. The normalized spacial score (nSPS) is 16.1. The minimum absolute atomic E-state index is 0.0665. The Morgan fingerprint density at radius 2 is 1.74 bits per heavy atom. The highest BCUT2D eigenvalue weighted by Gasteiger charge is 2.10. The number of nitrogens with one attached hydrogen (secondary N) is 1. The van der Waals surface area contributed by atoms with Crippen LogP contribution in [0.15, 0.2) is 18.2 Å². The highest BCUT2D eigenvalue weighted by molar-refractivity contribution is 6.36. The first-order valence-corrected chi connectivity index (χ1v) is 9.34. The highest BCUT2D eigenvalue weighted by atomic mass is 35.5. The van der Waals surface area contributed by atoms with Crippen LogP contribution in [0, 0.1) is 0 Å². The molecule has 1 aliphatic rings. The van der Waals surface area contributed by atoms with Crippen LogP contribution in [0.2, 0.25) is 10.0 Å². The van der Waals surface area contributed by atoms with Gasteiger partial charge in [-0.15, -0.1) is 0 Å². The van der Waals surface area contributed by atoms with Crippen molar-refractivity contribution < 1.29 is 4.79 Å². The van der Waals surface area contributed by atoms with E-state index in [9.17, 15) is 4.79 Å². The van der Waals surface area contributed by atoms with E-state index in [4.69, 9.17) is 23.2 Å². The van der Waals surface area contributed by atoms with Gasteiger partial charge in [-0.2, -0.15) is 0 Å². The molecule has 3 nitrogen and oxygen atoms in total. The third kappa shape index (κ3) is 6.70. The Balaban J connectivity index is 1.61. The molecule has 0 aromatic heterocycles. The van der Waals surface area contributed by atoms with E-state index >= 15 is 0 Å². The Hall–Kier alpha value is -0.770. The monoisotopic (exact) mass is 356 g/mol. The number of hydrogen-bond acceptors (Lipinski definition) is 2. The first-order chi connectivity index (χ1) is 11.2. The Kier molecular flexibility index (Phi) is 8.21. The number of likely N-dealkylation sites (tertiary alicyclic amines) is 1. The summed E-state index contributed by atoms with van der Waals surface area (Å²) in [6.07, 6.45) is 7.35. The lowest BCUT2D eigenvalue weighted by Crippen LogP contribution is -2.30. The molecular weight excluding hydrogens is 331 g/mol. The van der Waals surface area contributed by atoms with Crippen molar-refractivity contribution in [2.45, 2.75) is 44.9 Å². The maximum atomic E-state index is 11.9. The summed E-state index contributed by atoms with van der Waals surface area (Å²) in [5.74, 6) is 0.0665. The lowest BCUT2D eigenvalue weighted by atomic mass is 10.1. The number of carbonyl (C=O) groups excluding carboxylic acids is 1. The standard InChI is InChI=1S/C18H26Cl2N2O/c19-16-7-5-8-17(20)15(16)9-10-18(23)21-11-6-14-22-12-3-1-2-4-13-22/h5,7-8H,1-4,6,9-14H2,(H,21,23). The van der Waals surface area contributed by atoms with Gasteiger partial charge in [-0.25, -0.2) is 0 Å². The van der Waals surface area contributed by atoms with Crippen LogP contribution in [0.25, 0.3) is 0 Å². The summed E-state index contributed by atoms with van der Waals surface area (Å²) in [5.41, 5.74) is 0.857. The van der Waals surface area contributed by atoms with E-state index in [1.807, 2.05) is 18.2 Å². The molecule has 1 aliphatic heterocycles. The molecule has 1 heterocycles. The Morgan fingerprint density at radius 3 is 2.39 bits per heavy atom. The molecule has 1 aromatic carbocycles. The van der Waals surface area contributed by atoms with Crippen molar-refractivity contribution in [3.63, 3.8) is 0 Å². The second-order valence-electron chi connectivity index (χ2n) is 6.16. The van der Waals surface area contributed by atoms with Crippen LogP contribution < -0.4 is 5.32 Å². The molecule has 1 aromatic rings. The van der Waals surface area contributed by atoms with E-state index in [0.29, 0.717) is 22.9 Å². The van der Waals surface area contributed by atoms with Crippen LogP contribution in [0.4, 0.5) is 0 Å². The summed E-state index contributed by atoms with van der Waals surface area (Å²) in [4.78, 5) is 14.5. The Labute approximate surface area is 149 Å². The van der Waals surface area contributed by atoms with Crippen molar-refractivity contribution in [3.05, 3.63) is 33.8 Å². The third-order valence-electron chi connectivity index (χ3n) is 4.34. The molecule has 2 rings (SSSR count). The molecule has 1 amide bonds. The van der Waals surface area contributed by atoms with Gasteiger partial charge < -0.3 is 10.2 Å². The predicted octanol–water partition coefficient (Wildman–Crippen LogP) is 4.31. The Morgan fingerprint density at radius 1 is 1.09 bits per heavy atom. The number of halogens is 2. The van der Waals surface area contributed by atoms with Gasteiger partial charge in [-0.3, -0.25) is 4.79 Å². The molecule has 5 heteroatoms. The topological polar surface area (TPSA) is 32.3 Å². The van der Waals surface area contributed by atoms with Gasteiger partial charge in [0.1, 0.15) is 0 Å². The van der Waals surface area contributed by atoms with Crippen LogP contribution >= 0.6 is 23.2 Å². The fourth-order valence-corrected chi connectivity index (χ4v) is 3.57. The third-order valence-corrected chi connectivity index (χ3v) is 5.04. The molecule has 0 atom stereocenters. The molecular formula is C18H26Cl2N2O. The van der Waals surface area contributed by atoms with E-state index in [1.54, 1.807) is 0 Å². The number of amides is 1. The maximum Gasteiger partial charge on any atom is 0.220 e. The van der Waals surface area contributed by atoms with Gasteiger partial charge in [0, 0.05) is 23.0 Å². The van der Waals surface area contributed by atoms with Crippen LogP contribution in [0.1, 0.15) is 44.1 Å². The highest BCUT2D eigenvalue weighted by Crippen LogP contribution is 2.25. The lowest BCUT2D eigenvalue weighted by Gasteiger charge is -2.19. The van der Waals surface area contributed by atoms with E-state index in [2.05, 4.69) is 10.2 Å². The van der Waals surface area contributed by atoms with Crippen LogP contribution in [-0.2, 0) is 11.2 Å². The fraction of sp³-hybridized carbons (Fsp3) is 0.611. The van der Waals surface area contributed by atoms with Gasteiger partial charge in [0.05, 0.1) is 0 Å². The molecule has 0 bridgehead atoms.